The number of unbranched alkanes of at least 4 members (excludes halogenated alkanes) is 2. The van der Waals surface area contributed by atoms with Gasteiger partial charge in [0.05, 0.1) is 12.2 Å². The fourth-order valence-corrected chi connectivity index (χ4v) is 2.07. The molecule has 0 bridgehead atoms. The molecule has 0 aliphatic heterocycles. The lowest BCUT2D eigenvalue weighted by Gasteiger charge is -2.17. The Kier molecular flexibility index (Phi) is 10.7. The average molecular weight is 315 g/mol. The van der Waals surface area contributed by atoms with Gasteiger partial charge in [0.25, 0.3) is 0 Å². The molecule has 1 aromatic carbocycles. The lowest BCUT2D eigenvalue weighted by Crippen LogP contribution is -2.23. The summed E-state index contributed by atoms with van der Waals surface area (Å²) >= 11 is 0. The Morgan fingerprint density at radius 1 is 1.19 bits per heavy atom. The minimum absolute atomic E-state index is 0. The topological polar surface area (TPSA) is 55.6 Å². The molecule has 21 heavy (non-hydrogen) atoms. The largest absolute Gasteiger partial charge is 0.462 e. The van der Waals surface area contributed by atoms with Gasteiger partial charge >= 0.3 is 5.97 Å². The van der Waals surface area contributed by atoms with Crippen molar-refractivity contribution in [3.63, 3.8) is 0 Å². The van der Waals surface area contributed by atoms with Crippen molar-refractivity contribution in [1.82, 2.24) is 4.90 Å². The van der Waals surface area contributed by atoms with Gasteiger partial charge in [-0.25, -0.2) is 4.79 Å². The van der Waals surface area contributed by atoms with Gasteiger partial charge in [0.2, 0.25) is 0 Å². The molecule has 5 heteroatoms. The van der Waals surface area contributed by atoms with E-state index in [1.165, 1.54) is 0 Å². The summed E-state index contributed by atoms with van der Waals surface area (Å²) in [6, 6.07) is 6.88. The highest BCUT2D eigenvalue weighted by Gasteiger charge is 2.06. The van der Waals surface area contributed by atoms with Crippen molar-refractivity contribution in [3.05, 3.63) is 29.8 Å². The first-order valence-electron chi connectivity index (χ1n) is 7.42. The zero-order chi connectivity index (χ0) is 14.8. The lowest BCUT2D eigenvalue weighted by molar-refractivity contribution is 0.0497. The van der Waals surface area contributed by atoms with Gasteiger partial charge in [0, 0.05) is 5.69 Å². The number of hydrogen-bond acceptors (Lipinski definition) is 4. The average Bonchev–Trinajstić information content (AvgIpc) is 2.46. The van der Waals surface area contributed by atoms with Gasteiger partial charge in [-0.2, -0.15) is 0 Å². The summed E-state index contributed by atoms with van der Waals surface area (Å²) in [6.45, 7) is 8.15. The maximum absolute atomic E-state index is 11.7. The van der Waals surface area contributed by atoms with Crippen LogP contribution in [0.3, 0.4) is 0 Å². The van der Waals surface area contributed by atoms with Crippen LogP contribution >= 0.6 is 12.4 Å². The van der Waals surface area contributed by atoms with Crippen LogP contribution in [-0.4, -0.2) is 37.1 Å². The number of benzene rings is 1. The summed E-state index contributed by atoms with van der Waals surface area (Å²) in [5.74, 6) is -0.291. The monoisotopic (exact) mass is 314 g/mol. The molecule has 0 saturated carbocycles. The van der Waals surface area contributed by atoms with E-state index in [2.05, 4.69) is 18.7 Å². The summed E-state index contributed by atoms with van der Waals surface area (Å²) in [4.78, 5) is 14.1. The van der Waals surface area contributed by atoms with Crippen LogP contribution in [0.4, 0.5) is 5.69 Å². The van der Waals surface area contributed by atoms with E-state index in [0.717, 1.165) is 38.9 Å². The number of ether oxygens (including phenoxy) is 1. The van der Waals surface area contributed by atoms with Crippen LogP contribution in [0.25, 0.3) is 0 Å². The number of nitrogen functional groups attached to an aromatic ring is 1. The van der Waals surface area contributed by atoms with Crippen LogP contribution in [0.15, 0.2) is 24.3 Å². The highest BCUT2D eigenvalue weighted by atomic mass is 35.5. The number of carbonyl (C=O) groups excluding carboxylic acids is 1. The molecular weight excluding hydrogens is 288 g/mol. The smallest absolute Gasteiger partial charge is 0.338 e. The van der Waals surface area contributed by atoms with E-state index in [4.69, 9.17) is 10.5 Å². The number of nitrogens with two attached hydrogens (primary N) is 1. The van der Waals surface area contributed by atoms with Gasteiger partial charge in [0.1, 0.15) is 0 Å². The third kappa shape index (κ3) is 7.93. The van der Waals surface area contributed by atoms with Crippen LogP contribution in [0.2, 0.25) is 0 Å². The molecule has 0 spiro atoms. The quantitative estimate of drug-likeness (QED) is 0.431. The third-order valence-electron chi connectivity index (χ3n) is 3.37. The predicted molar refractivity (Wildman–Crippen MR) is 90.0 cm³/mol. The Bertz CT molecular complexity index is 409. The molecule has 1 rings (SSSR count). The maximum Gasteiger partial charge on any atom is 0.338 e. The van der Waals surface area contributed by atoms with E-state index >= 15 is 0 Å². The molecule has 1 aromatic rings. The Morgan fingerprint density at radius 2 is 1.90 bits per heavy atom. The van der Waals surface area contributed by atoms with Crippen molar-refractivity contribution in [2.24, 2.45) is 0 Å². The van der Waals surface area contributed by atoms with Crippen molar-refractivity contribution in [1.29, 1.82) is 0 Å². The lowest BCUT2D eigenvalue weighted by atomic mass is 10.2. The van der Waals surface area contributed by atoms with Gasteiger partial charge in [-0.05, 0) is 57.1 Å². The number of esters is 1. The first-order valence-corrected chi connectivity index (χ1v) is 7.42. The zero-order valence-electron chi connectivity index (χ0n) is 13.0. The molecule has 0 heterocycles. The van der Waals surface area contributed by atoms with Crippen molar-refractivity contribution >= 4 is 24.1 Å². The molecule has 0 atom stereocenters. The Morgan fingerprint density at radius 3 is 2.52 bits per heavy atom. The standard InChI is InChI=1S/C16H26N2O2.ClH/c1-3-18(4-2)11-6-5-7-12-20-16(19)14-9-8-10-15(17)13-14;/h8-10,13H,3-7,11-12,17H2,1-2H3;1H. The van der Waals surface area contributed by atoms with Crippen molar-refractivity contribution in [2.75, 3.05) is 32.0 Å². The zero-order valence-corrected chi connectivity index (χ0v) is 13.8. The molecule has 0 saturated heterocycles. The number of anilines is 1. The first-order chi connectivity index (χ1) is 9.67. The molecule has 0 unspecified atom stereocenters. The summed E-state index contributed by atoms with van der Waals surface area (Å²) in [5, 5.41) is 0. The highest BCUT2D eigenvalue weighted by Crippen LogP contribution is 2.08. The van der Waals surface area contributed by atoms with Crippen LogP contribution in [0.5, 0.6) is 0 Å². The van der Waals surface area contributed by atoms with E-state index in [-0.39, 0.29) is 18.4 Å². The molecule has 0 aliphatic rings. The van der Waals surface area contributed by atoms with E-state index in [1.54, 1.807) is 24.3 Å². The molecule has 0 amide bonds. The van der Waals surface area contributed by atoms with Crippen molar-refractivity contribution in [3.8, 4) is 0 Å². The summed E-state index contributed by atoms with van der Waals surface area (Å²) in [6.07, 6.45) is 3.15. The van der Waals surface area contributed by atoms with Gasteiger partial charge in [-0.1, -0.05) is 19.9 Å². The van der Waals surface area contributed by atoms with E-state index in [1.807, 2.05) is 0 Å². The number of hydrogen-bond donors (Lipinski definition) is 1. The second kappa shape index (κ2) is 11.4. The molecule has 4 nitrogen and oxygen atoms in total. The van der Waals surface area contributed by atoms with E-state index in [0.29, 0.717) is 17.9 Å². The second-order valence-electron chi connectivity index (χ2n) is 4.85. The minimum atomic E-state index is -0.291. The Hall–Kier alpha value is -1.26. The minimum Gasteiger partial charge on any atom is -0.462 e. The maximum atomic E-state index is 11.7. The normalized spacial score (nSPS) is 10.2. The van der Waals surface area contributed by atoms with Crippen LogP contribution in [0, 0.1) is 0 Å². The third-order valence-corrected chi connectivity index (χ3v) is 3.37. The SMILES string of the molecule is CCN(CC)CCCCCOC(=O)c1cccc(N)c1.Cl. The van der Waals surface area contributed by atoms with Crippen LogP contribution < -0.4 is 5.73 Å². The van der Waals surface area contributed by atoms with Crippen molar-refractivity contribution in [2.45, 2.75) is 33.1 Å². The van der Waals surface area contributed by atoms with Crippen LogP contribution in [0.1, 0.15) is 43.5 Å². The molecular formula is C16H27ClN2O2. The van der Waals surface area contributed by atoms with Gasteiger partial charge in [0.15, 0.2) is 0 Å². The summed E-state index contributed by atoms with van der Waals surface area (Å²) in [5.41, 5.74) is 6.74. The first kappa shape index (κ1) is 19.7. The number of halogens is 1. The van der Waals surface area contributed by atoms with Crippen molar-refractivity contribution < 1.29 is 9.53 Å². The number of rotatable bonds is 9. The molecule has 0 fully saturated rings. The van der Waals surface area contributed by atoms with Gasteiger partial charge in [-0.3, -0.25) is 0 Å². The second-order valence-corrected chi connectivity index (χ2v) is 4.85. The molecule has 0 aromatic heterocycles. The molecule has 0 radical (unpaired) electrons. The van der Waals surface area contributed by atoms with E-state index in [9.17, 15) is 4.79 Å². The summed E-state index contributed by atoms with van der Waals surface area (Å²) in [7, 11) is 0. The fraction of sp³-hybridized carbons (Fsp3) is 0.562. The van der Waals surface area contributed by atoms with Gasteiger partial charge < -0.3 is 15.4 Å². The Labute approximate surface area is 134 Å². The molecule has 120 valence electrons. The number of carbonyl (C=O) groups is 1. The molecule has 0 aliphatic carbocycles. The highest BCUT2D eigenvalue weighted by molar-refractivity contribution is 5.90. The van der Waals surface area contributed by atoms with Crippen LogP contribution in [-0.2, 0) is 4.74 Å². The van der Waals surface area contributed by atoms with Gasteiger partial charge in [-0.15, -0.1) is 12.4 Å². The fourth-order valence-electron chi connectivity index (χ4n) is 2.07. The number of nitrogens with zero attached hydrogens (tertiary/aromatic N) is 1. The molecule has 2 N–H and O–H groups in total. The summed E-state index contributed by atoms with van der Waals surface area (Å²) < 4.78 is 5.23. The predicted octanol–water partition coefficient (Wildman–Crippen LogP) is 3.36. The van der Waals surface area contributed by atoms with E-state index < -0.39 is 0 Å². The Balaban J connectivity index is 0.00000400.